The van der Waals surface area contributed by atoms with Crippen molar-refractivity contribution in [2.45, 2.75) is 19.1 Å². The average Bonchev–Trinajstić information content (AvgIpc) is 2.17. The Labute approximate surface area is 85.3 Å². The quantitative estimate of drug-likeness (QED) is 0.819. The van der Waals surface area contributed by atoms with Crippen molar-refractivity contribution in [2.75, 3.05) is 5.32 Å². The first-order valence-corrected chi connectivity index (χ1v) is 4.18. The molecule has 0 fully saturated rings. The number of benzene rings is 1. The Morgan fingerprint density at radius 2 is 2.20 bits per heavy atom. The second-order valence-electron chi connectivity index (χ2n) is 2.99. The van der Waals surface area contributed by atoms with Crippen LogP contribution in [-0.4, -0.2) is 12.2 Å². The zero-order valence-corrected chi connectivity index (χ0v) is 7.89. The van der Waals surface area contributed by atoms with Gasteiger partial charge >= 0.3 is 6.18 Å². The molecule has 0 bridgehead atoms. The number of rotatable bonds is 2. The minimum atomic E-state index is -4.33. The van der Waals surface area contributed by atoms with Gasteiger partial charge < -0.3 is 5.32 Å². The second-order valence-corrected chi connectivity index (χ2v) is 2.99. The van der Waals surface area contributed by atoms with Gasteiger partial charge in [-0.15, -0.1) is 0 Å². The molecule has 0 unspecified atom stereocenters. The monoisotopic (exact) mass is 213 g/mol. The SMILES string of the molecule is C[C@@H](Nc1cc[c]cc1C#N)C(F)(F)F. The number of nitriles is 1. The summed E-state index contributed by atoms with van der Waals surface area (Å²) in [6, 6.07) is 6.90. The Hall–Kier alpha value is -1.70. The van der Waals surface area contributed by atoms with Gasteiger partial charge in [0, 0.05) is 0 Å². The van der Waals surface area contributed by atoms with E-state index in [-0.39, 0.29) is 11.3 Å². The van der Waals surface area contributed by atoms with Gasteiger partial charge in [0.05, 0.1) is 11.3 Å². The molecule has 2 nitrogen and oxygen atoms in total. The lowest BCUT2D eigenvalue weighted by Gasteiger charge is -2.18. The van der Waals surface area contributed by atoms with Crippen LogP contribution >= 0.6 is 0 Å². The van der Waals surface area contributed by atoms with E-state index < -0.39 is 12.2 Å². The van der Waals surface area contributed by atoms with Gasteiger partial charge in [0.2, 0.25) is 0 Å². The van der Waals surface area contributed by atoms with E-state index in [1.807, 2.05) is 0 Å². The summed E-state index contributed by atoms with van der Waals surface area (Å²) >= 11 is 0. The highest BCUT2D eigenvalue weighted by Crippen LogP contribution is 2.24. The minimum absolute atomic E-state index is 0.147. The highest BCUT2D eigenvalue weighted by Gasteiger charge is 2.36. The molecule has 79 valence electrons. The second kappa shape index (κ2) is 4.22. The Morgan fingerprint density at radius 1 is 1.53 bits per heavy atom. The zero-order chi connectivity index (χ0) is 11.5. The molecule has 0 aliphatic carbocycles. The number of alkyl halides is 3. The summed E-state index contributed by atoms with van der Waals surface area (Å²) in [6.45, 7) is 0.998. The van der Waals surface area contributed by atoms with Crippen molar-refractivity contribution in [1.82, 2.24) is 0 Å². The molecule has 15 heavy (non-hydrogen) atoms. The molecule has 1 N–H and O–H groups in total. The molecule has 0 saturated heterocycles. The molecule has 0 aliphatic rings. The number of nitrogens with zero attached hydrogens (tertiary/aromatic N) is 1. The summed E-state index contributed by atoms with van der Waals surface area (Å²) in [6.07, 6.45) is -4.33. The molecular formula is C10H8F3N2. The van der Waals surface area contributed by atoms with Crippen molar-refractivity contribution in [2.24, 2.45) is 0 Å². The molecule has 0 heterocycles. The maximum absolute atomic E-state index is 12.2. The molecule has 0 saturated carbocycles. The molecular weight excluding hydrogens is 205 g/mol. The number of nitrogens with one attached hydrogen (secondary N) is 1. The first-order chi connectivity index (χ1) is 6.95. The molecule has 0 aromatic heterocycles. The van der Waals surface area contributed by atoms with E-state index in [0.717, 1.165) is 6.92 Å². The summed E-state index contributed by atoms with van der Waals surface area (Å²) < 4.78 is 36.7. The van der Waals surface area contributed by atoms with Gasteiger partial charge in [0.1, 0.15) is 12.1 Å². The highest BCUT2D eigenvalue weighted by atomic mass is 19.4. The van der Waals surface area contributed by atoms with Crippen LogP contribution in [0.15, 0.2) is 18.2 Å². The van der Waals surface area contributed by atoms with Crippen molar-refractivity contribution >= 4 is 5.69 Å². The van der Waals surface area contributed by atoms with Crippen molar-refractivity contribution in [3.8, 4) is 6.07 Å². The Bertz CT molecular complexity index is 379. The molecule has 1 aromatic rings. The summed E-state index contributed by atoms with van der Waals surface area (Å²) in [7, 11) is 0. The van der Waals surface area contributed by atoms with E-state index in [0.29, 0.717) is 0 Å². The van der Waals surface area contributed by atoms with Gasteiger partial charge in [-0.05, 0) is 25.1 Å². The number of hydrogen-bond donors (Lipinski definition) is 1. The van der Waals surface area contributed by atoms with Crippen LogP contribution in [0.25, 0.3) is 0 Å². The fourth-order valence-electron chi connectivity index (χ4n) is 0.964. The summed E-state index contributed by atoms with van der Waals surface area (Å²) in [5.41, 5.74) is 0.315. The summed E-state index contributed by atoms with van der Waals surface area (Å²) in [5, 5.41) is 10.9. The molecule has 1 rings (SSSR count). The van der Waals surface area contributed by atoms with Crippen molar-refractivity contribution < 1.29 is 13.2 Å². The van der Waals surface area contributed by atoms with Gasteiger partial charge in [-0.2, -0.15) is 18.4 Å². The van der Waals surface area contributed by atoms with Crippen LogP contribution < -0.4 is 5.32 Å². The van der Waals surface area contributed by atoms with Crippen LogP contribution in [0, 0.1) is 17.4 Å². The molecule has 1 atom stereocenters. The third kappa shape index (κ3) is 2.88. The molecule has 0 aliphatic heterocycles. The predicted molar refractivity (Wildman–Crippen MR) is 49.1 cm³/mol. The Kier molecular flexibility index (Phi) is 3.20. The Balaban J connectivity index is 2.86. The third-order valence-corrected chi connectivity index (χ3v) is 1.85. The molecule has 1 radical (unpaired) electrons. The van der Waals surface area contributed by atoms with Crippen LogP contribution in [0.1, 0.15) is 12.5 Å². The number of halogens is 3. The largest absolute Gasteiger partial charge is 0.408 e. The first kappa shape index (κ1) is 11.4. The fourth-order valence-corrected chi connectivity index (χ4v) is 0.964. The van der Waals surface area contributed by atoms with Crippen molar-refractivity contribution in [3.05, 3.63) is 29.8 Å². The molecule has 1 aromatic carbocycles. The van der Waals surface area contributed by atoms with E-state index in [9.17, 15) is 13.2 Å². The zero-order valence-electron chi connectivity index (χ0n) is 7.89. The molecule has 0 amide bonds. The summed E-state index contributed by atoms with van der Waals surface area (Å²) in [4.78, 5) is 0. The average molecular weight is 213 g/mol. The summed E-state index contributed by atoms with van der Waals surface area (Å²) in [5.74, 6) is 0. The number of anilines is 1. The molecule has 5 heteroatoms. The van der Waals surface area contributed by atoms with E-state index in [1.165, 1.54) is 18.2 Å². The normalized spacial score (nSPS) is 13.0. The van der Waals surface area contributed by atoms with Gasteiger partial charge in [0.15, 0.2) is 0 Å². The smallest absolute Gasteiger partial charge is 0.373 e. The fraction of sp³-hybridized carbons (Fsp3) is 0.300. The van der Waals surface area contributed by atoms with E-state index in [2.05, 4.69) is 11.4 Å². The third-order valence-electron chi connectivity index (χ3n) is 1.85. The van der Waals surface area contributed by atoms with Crippen LogP contribution in [0.5, 0.6) is 0 Å². The van der Waals surface area contributed by atoms with Crippen LogP contribution in [0.4, 0.5) is 18.9 Å². The number of hydrogen-bond acceptors (Lipinski definition) is 2. The van der Waals surface area contributed by atoms with E-state index in [1.54, 1.807) is 6.07 Å². The maximum Gasteiger partial charge on any atom is 0.408 e. The van der Waals surface area contributed by atoms with Crippen LogP contribution in [-0.2, 0) is 0 Å². The molecule has 0 spiro atoms. The van der Waals surface area contributed by atoms with Crippen LogP contribution in [0.2, 0.25) is 0 Å². The van der Waals surface area contributed by atoms with Gasteiger partial charge in [-0.25, -0.2) is 0 Å². The van der Waals surface area contributed by atoms with Gasteiger partial charge in [-0.3, -0.25) is 0 Å². The lowest BCUT2D eigenvalue weighted by atomic mass is 10.2. The maximum atomic E-state index is 12.2. The minimum Gasteiger partial charge on any atom is -0.373 e. The van der Waals surface area contributed by atoms with E-state index in [4.69, 9.17) is 5.26 Å². The first-order valence-electron chi connectivity index (χ1n) is 4.18. The highest BCUT2D eigenvalue weighted by molar-refractivity contribution is 5.57. The van der Waals surface area contributed by atoms with E-state index >= 15 is 0 Å². The lowest BCUT2D eigenvalue weighted by molar-refractivity contribution is -0.138. The van der Waals surface area contributed by atoms with Crippen LogP contribution in [0.3, 0.4) is 0 Å². The lowest BCUT2D eigenvalue weighted by Crippen LogP contribution is -2.33. The van der Waals surface area contributed by atoms with Crippen molar-refractivity contribution in [1.29, 1.82) is 5.26 Å². The predicted octanol–water partition coefficient (Wildman–Crippen LogP) is 2.72. The van der Waals surface area contributed by atoms with Crippen molar-refractivity contribution in [3.63, 3.8) is 0 Å². The standard InChI is InChI=1S/C10H8F3N2/c1-7(10(11,12)13)15-9-5-3-2-4-8(9)6-14/h3-5,7,15H,1H3/t7-/m1/s1. The topological polar surface area (TPSA) is 35.8 Å². The van der Waals surface area contributed by atoms with Gasteiger partial charge in [0.25, 0.3) is 0 Å². The Morgan fingerprint density at radius 3 is 2.73 bits per heavy atom. The van der Waals surface area contributed by atoms with Gasteiger partial charge in [-0.1, -0.05) is 6.07 Å².